The average molecular weight is 297 g/mol. The molecule has 0 spiro atoms. The lowest BCUT2D eigenvalue weighted by Gasteiger charge is -2.19. The van der Waals surface area contributed by atoms with Crippen molar-refractivity contribution >= 4 is 21.8 Å². The van der Waals surface area contributed by atoms with Crippen LogP contribution in [0.3, 0.4) is 0 Å². The molecule has 17 heavy (non-hydrogen) atoms. The third-order valence-corrected chi connectivity index (χ3v) is 3.68. The number of aromatic nitrogens is 1. The molecule has 0 bridgehead atoms. The second kappa shape index (κ2) is 5.63. The Morgan fingerprint density at radius 2 is 2.24 bits per heavy atom. The molecule has 1 fully saturated rings. The first-order valence-electron chi connectivity index (χ1n) is 6.08. The van der Waals surface area contributed by atoms with E-state index in [1.807, 2.05) is 17.0 Å². The van der Waals surface area contributed by atoms with Gasteiger partial charge in [0.2, 0.25) is 0 Å². The maximum absolute atomic E-state index is 12.3. The van der Waals surface area contributed by atoms with Crippen molar-refractivity contribution < 1.29 is 4.79 Å². The molecule has 4 heteroatoms. The third-order valence-electron chi connectivity index (χ3n) is 3.24. The summed E-state index contributed by atoms with van der Waals surface area (Å²) in [6.07, 6.45) is 3.41. The van der Waals surface area contributed by atoms with Crippen molar-refractivity contribution in [2.75, 3.05) is 13.1 Å². The average Bonchev–Trinajstić information content (AvgIpc) is 2.53. The summed E-state index contributed by atoms with van der Waals surface area (Å²) in [7, 11) is 0. The summed E-state index contributed by atoms with van der Waals surface area (Å²) < 4.78 is 0.714. The van der Waals surface area contributed by atoms with E-state index in [0.717, 1.165) is 31.8 Å². The minimum absolute atomic E-state index is 0.0559. The number of hydrogen-bond donors (Lipinski definition) is 0. The van der Waals surface area contributed by atoms with E-state index in [-0.39, 0.29) is 5.91 Å². The van der Waals surface area contributed by atoms with Crippen molar-refractivity contribution in [3.63, 3.8) is 0 Å². The second-order valence-electron chi connectivity index (χ2n) is 4.67. The molecule has 0 aliphatic carbocycles. The molecule has 0 radical (unpaired) electrons. The van der Waals surface area contributed by atoms with Gasteiger partial charge in [-0.1, -0.05) is 13.0 Å². The van der Waals surface area contributed by atoms with Gasteiger partial charge in [-0.3, -0.25) is 4.79 Å². The van der Waals surface area contributed by atoms with Crippen LogP contribution in [0.5, 0.6) is 0 Å². The zero-order valence-electron chi connectivity index (χ0n) is 10.0. The van der Waals surface area contributed by atoms with Crippen LogP contribution < -0.4 is 0 Å². The standard InChI is InChI=1S/C13H17BrN2O/c1-10-4-3-8-16(9-7-10)13(17)11-5-2-6-12(14)15-11/h2,5-6,10H,3-4,7-9H2,1H3. The minimum atomic E-state index is 0.0559. The van der Waals surface area contributed by atoms with E-state index in [1.165, 1.54) is 6.42 Å². The molecular formula is C13H17BrN2O. The maximum Gasteiger partial charge on any atom is 0.272 e. The fourth-order valence-corrected chi connectivity index (χ4v) is 2.50. The van der Waals surface area contributed by atoms with Crippen molar-refractivity contribution in [2.24, 2.45) is 5.92 Å². The van der Waals surface area contributed by atoms with Crippen molar-refractivity contribution in [1.29, 1.82) is 0 Å². The molecule has 1 aliphatic heterocycles. The molecule has 1 amide bonds. The highest BCUT2D eigenvalue weighted by molar-refractivity contribution is 9.10. The van der Waals surface area contributed by atoms with Crippen LogP contribution in [0.1, 0.15) is 36.7 Å². The Balaban J connectivity index is 2.09. The van der Waals surface area contributed by atoms with Gasteiger partial charge in [0.15, 0.2) is 0 Å². The Morgan fingerprint density at radius 3 is 3.00 bits per heavy atom. The fraction of sp³-hybridized carbons (Fsp3) is 0.538. The molecular weight excluding hydrogens is 280 g/mol. The number of nitrogens with zero attached hydrogens (tertiary/aromatic N) is 2. The molecule has 2 rings (SSSR count). The van der Waals surface area contributed by atoms with Crippen LogP contribution in [0.2, 0.25) is 0 Å². The van der Waals surface area contributed by atoms with Crippen molar-refractivity contribution in [3.05, 3.63) is 28.5 Å². The molecule has 92 valence electrons. The van der Waals surface area contributed by atoms with E-state index >= 15 is 0 Å². The molecule has 1 unspecified atom stereocenters. The van der Waals surface area contributed by atoms with Crippen LogP contribution >= 0.6 is 15.9 Å². The first kappa shape index (κ1) is 12.6. The van der Waals surface area contributed by atoms with Crippen LogP contribution in [-0.2, 0) is 0 Å². The fourth-order valence-electron chi connectivity index (χ4n) is 2.16. The van der Waals surface area contributed by atoms with Gasteiger partial charge in [0.1, 0.15) is 10.3 Å². The largest absolute Gasteiger partial charge is 0.337 e. The van der Waals surface area contributed by atoms with Crippen molar-refractivity contribution in [3.8, 4) is 0 Å². The predicted molar refractivity (Wildman–Crippen MR) is 70.9 cm³/mol. The summed E-state index contributed by atoms with van der Waals surface area (Å²) in [6, 6.07) is 5.47. The Hall–Kier alpha value is -0.900. The highest BCUT2D eigenvalue weighted by atomic mass is 79.9. The van der Waals surface area contributed by atoms with Crippen LogP contribution in [0.25, 0.3) is 0 Å². The number of hydrogen-bond acceptors (Lipinski definition) is 2. The van der Waals surface area contributed by atoms with E-state index in [1.54, 1.807) is 6.07 Å². The highest BCUT2D eigenvalue weighted by Gasteiger charge is 2.20. The van der Waals surface area contributed by atoms with Gasteiger partial charge >= 0.3 is 0 Å². The molecule has 2 heterocycles. The number of carbonyl (C=O) groups excluding carboxylic acids is 1. The van der Waals surface area contributed by atoms with Gasteiger partial charge in [-0.2, -0.15) is 0 Å². The summed E-state index contributed by atoms with van der Waals surface area (Å²) >= 11 is 3.30. The van der Waals surface area contributed by atoms with Crippen LogP contribution in [0.15, 0.2) is 22.8 Å². The number of amides is 1. The lowest BCUT2D eigenvalue weighted by molar-refractivity contribution is 0.0754. The van der Waals surface area contributed by atoms with Crippen LogP contribution in [0, 0.1) is 5.92 Å². The van der Waals surface area contributed by atoms with E-state index in [2.05, 4.69) is 27.8 Å². The number of rotatable bonds is 1. The SMILES string of the molecule is CC1CCCN(C(=O)c2cccc(Br)n2)CC1. The second-order valence-corrected chi connectivity index (χ2v) is 5.49. The van der Waals surface area contributed by atoms with E-state index < -0.39 is 0 Å². The first-order valence-corrected chi connectivity index (χ1v) is 6.88. The topological polar surface area (TPSA) is 33.2 Å². The van der Waals surface area contributed by atoms with Gasteiger partial charge < -0.3 is 4.90 Å². The molecule has 1 atom stereocenters. The summed E-state index contributed by atoms with van der Waals surface area (Å²) in [6.45, 7) is 3.97. The van der Waals surface area contributed by atoms with Gasteiger partial charge in [0.05, 0.1) is 0 Å². The van der Waals surface area contributed by atoms with E-state index in [9.17, 15) is 4.79 Å². The number of halogens is 1. The molecule has 0 N–H and O–H groups in total. The van der Waals surface area contributed by atoms with Gasteiger partial charge in [0, 0.05) is 13.1 Å². The van der Waals surface area contributed by atoms with Crippen LogP contribution in [0.4, 0.5) is 0 Å². The van der Waals surface area contributed by atoms with Crippen molar-refractivity contribution in [2.45, 2.75) is 26.2 Å². The number of carbonyl (C=O) groups is 1. The number of likely N-dealkylation sites (tertiary alicyclic amines) is 1. The molecule has 1 aromatic rings. The lowest BCUT2D eigenvalue weighted by Crippen LogP contribution is -2.32. The molecule has 1 aliphatic rings. The molecule has 1 saturated heterocycles. The lowest BCUT2D eigenvalue weighted by atomic mass is 10.0. The normalized spacial score (nSPS) is 21.1. The summed E-state index contributed by atoms with van der Waals surface area (Å²) in [5, 5.41) is 0. The monoisotopic (exact) mass is 296 g/mol. The zero-order valence-corrected chi connectivity index (χ0v) is 11.6. The summed E-state index contributed by atoms with van der Waals surface area (Å²) in [5.74, 6) is 0.781. The minimum Gasteiger partial charge on any atom is -0.337 e. The Kier molecular flexibility index (Phi) is 4.15. The molecule has 3 nitrogen and oxygen atoms in total. The zero-order chi connectivity index (χ0) is 12.3. The van der Waals surface area contributed by atoms with E-state index in [4.69, 9.17) is 0 Å². The third kappa shape index (κ3) is 3.28. The summed E-state index contributed by atoms with van der Waals surface area (Å²) in [5.41, 5.74) is 0.536. The molecule has 0 aromatic carbocycles. The molecule has 1 aromatic heterocycles. The predicted octanol–water partition coefficient (Wildman–Crippen LogP) is 3.11. The van der Waals surface area contributed by atoms with Crippen molar-refractivity contribution in [1.82, 2.24) is 9.88 Å². The number of pyridine rings is 1. The van der Waals surface area contributed by atoms with Gasteiger partial charge in [-0.15, -0.1) is 0 Å². The smallest absolute Gasteiger partial charge is 0.272 e. The highest BCUT2D eigenvalue weighted by Crippen LogP contribution is 2.18. The maximum atomic E-state index is 12.3. The van der Waals surface area contributed by atoms with Gasteiger partial charge in [-0.05, 0) is 53.2 Å². The Bertz CT molecular complexity index is 408. The molecule has 0 saturated carbocycles. The summed E-state index contributed by atoms with van der Waals surface area (Å²) in [4.78, 5) is 18.4. The first-order chi connectivity index (χ1) is 8.16. The van der Waals surface area contributed by atoms with Crippen LogP contribution in [-0.4, -0.2) is 28.9 Å². The van der Waals surface area contributed by atoms with E-state index in [0.29, 0.717) is 10.3 Å². The van der Waals surface area contributed by atoms with Gasteiger partial charge in [-0.25, -0.2) is 4.98 Å². The Labute approximate surface area is 110 Å². The quantitative estimate of drug-likeness (QED) is 0.746. The Morgan fingerprint density at radius 1 is 1.41 bits per heavy atom. The van der Waals surface area contributed by atoms with Gasteiger partial charge in [0.25, 0.3) is 5.91 Å².